The van der Waals surface area contributed by atoms with Gasteiger partial charge in [0.2, 0.25) is 0 Å². The van der Waals surface area contributed by atoms with Crippen molar-refractivity contribution in [2.75, 3.05) is 18.9 Å². The van der Waals surface area contributed by atoms with E-state index in [2.05, 4.69) is 15.6 Å². The van der Waals surface area contributed by atoms with E-state index in [4.69, 9.17) is 5.73 Å². The molecule has 0 spiro atoms. The number of nitrogens with two attached hydrogens (primary N) is 1. The molecule has 0 saturated heterocycles. The number of carbonyl (C=O) groups excluding carboxylic acids is 1. The number of nitrogens with one attached hydrogen (secondary N) is 2. The van der Waals surface area contributed by atoms with Crippen LogP contribution in [0.1, 0.15) is 27.0 Å². The minimum absolute atomic E-state index is 0.142. The summed E-state index contributed by atoms with van der Waals surface area (Å²) in [6, 6.07) is 10.1. The number of hydrogen-bond acceptors (Lipinski definition) is 4. The Balaban J connectivity index is 2.10. The van der Waals surface area contributed by atoms with Gasteiger partial charge in [-0.25, -0.2) is 4.98 Å². The van der Waals surface area contributed by atoms with E-state index in [1.807, 2.05) is 37.3 Å². The van der Waals surface area contributed by atoms with E-state index >= 15 is 0 Å². The van der Waals surface area contributed by atoms with Gasteiger partial charge in [0.25, 0.3) is 5.91 Å². The second-order valence-corrected chi connectivity index (χ2v) is 5.09. The Bertz CT molecular complexity index is 641. The maximum atomic E-state index is 12.5. The Kier molecular flexibility index (Phi) is 5.49. The third-order valence-corrected chi connectivity index (χ3v) is 3.61. The first kappa shape index (κ1) is 16.0. The highest BCUT2D eigenvalue weighted by Gasteiger charge is 2.18. The standard InChI is InChI=1S/C17H22N4O/c1-12-11-21-16(19-2)15(14(12)10-18)17(22)20-9-8-13-6-4-3-5-7-13/h3-7,11H,8-10,18H2,1-2H3,(H,19,21)(H,20,22). The van der Waals surface area contributed by atoms with Crippen LogP contribution in [-0.4, -0.2) is 24.5 Å². The molecule has 1 aromatic carbocycles. The quantitative estimate of drug-likeness (QED) is 0.760. The monoisotopic (exact) mass is 298 g/mol. The summed E-state index contributed by atoms with van der Waals surface area (Å²) in [5.74, 6) is 0.417. The van der Waals surface area contributed by atoms with Crippen LogP contribution < -0.4 is 16.4 Å². The molecule has 0 aliphatic carbocycles. The van der Waals surface area contributed by atoms with Crippen LogP contribution in [0.2, 0.25) is 0 Å². The number of aryl methyl sites for hydroxylation is 1. The molecular formula is C17H22N4O. The number of hydrogen-bond donors (Lipinski definition) is 3. The minimum atomic E-state index is -0.142. The molecule has 0 radical (unpaired) electrons. The van der Waals surface area contributed by atoms with Gasteiger partial charge >= 0.3 is 0 Å². The first-order valence-electron chi connectivity index (χ1n) is 7.35. The minimum Gasteiger partial charge on any atom is -0.372 e. The van der Waals surface area contributed by atoms with Crippen LogP contribution in [0, 0.1) is 6.92 Å². The largest absolute Gasteiger partial charge is 0.372 e. The Morgan fingerprint density at radius 2 is 2.00 bits per heavy atom. The molecule has 0 fully saturated rings. The fourth-order valence-electron chi connectivity index (χ4n) is 2.39. The lowest BCUT2D eigenvalue weighted by Gasteiger charge is -2.15. The molecule has 0 aliphatic rings. The molecule has 1 heterocycles. The lowest BCUT2D eigenvalue weighted by Crippen LogP contribution is -2.28. The van der Waals surface area contributed by atoms with Crippen molar-refractivity contribution in [3.05, 3.63) is 58.8 Å². The SMILES string of the molecule is CNc1ncc(C)c(CN)c1C(=O)NCCc1ccccc1. The molecule has 22 heavy (non-hydrogen) atoms. The smallest absolute Gasteiger partial charge is 0.255 e. The van der Waals surface area contributed by atoms with Gasteiger partial charge in [-0.15, -0.1) is 0 Å². The van der Waals surface area contributed by atoms with E-state index in [-0.39, 0.29) is 5.91 Å². The molecule has 0 unspecified atom stereocenters. The Labute approximate surface area is 130 Å². The lowest BCUT2D eigenvalue weighted by atomic mass is 10.0. The maximum Gasteiger partial charge on any atom is 0.255 e. The zero-order valence-corrected chi connectivity index (χ0v) is 13.0. The van der Waals surface area contributed by atoms with Crippen molar-refractivity contribution >= 4 is 11.7 Å². The number of carbonyl (C=O) groups is 1. The van der Waals surface area contributed by atoms with E-state index < -0.39 is 0 Å². The second kappa shape index (κ2) is 7.56. The van der Waals surface area contributed by atoms with Crippen molar-refractivity contribution in [3.63, 3.8) is 0 Å². The van der Waals surface area contributed by atoms with Gasteiger partial charge < -0.3 is 16.4 Å². The van der Waals surface area contributed by atoms with Crippen LogP contribution in [0.3, 0.4) is 0 Å². The Morgan fingerprint density at radius 3 is 2.64 bits per heavy atom. The summed E-state index contributed by atoms with van der Waals surface area (Å²) in [6.07, 6.45) is 2.52. The maximum absolute atomic E-state index is 12.5. The fourth-order valence-corrected chi connectivity index (χ4v) is 2.39. The molecule has 2 aromatic rings. The molecule has 5 nitrogen and oxygen atoms in total. The molecule has 116 valence electrons. The van der Waals surface area contributed by atoms with E-state index in [0.717, 1.165) is 17.5 Å². The van der Waals surface area contributed by atoms with Gasteiger partial charge in [-0.05, 0) is 30.0 Å². The number of nitrogens with zero attached hydrogens (tertiary/aromatic N) is 1. The van der Waals surface area contributed by atoms with Crippen LogP contribution >= 0.6 is 0 Å². The molecule has 0 atom stereocenters. The number of amides is 1. The summed E-state index contributed by atoms with van der Waals surface area (Å²) in [6.45, 7) is 2.80. The first-order chi connectivity index (χ1) is 10.7. The Hall–Kier alpha value is -2.40. The molecule has 2 rings (SSSR count). The molecule has 0 saturated carbocycles. The molecular weight excluding hydrogens is 276 g/mol. The van der Waals surface area contributed by atoms with Gasteiger partial charge in [0.15, 0.2) is 0 Å². The van der Waals surface area contributed by atoms with Gasteiger partial charge in [0, 0.05) is 26.3 Å². The normalized spacial score (nSPS) is 10.3. The molecule has 1 aromatic heterocycles. The number of benzene rings is 1. The number of rotatable bonds is 6. The molecule has 0 bridgehead atoms. The lowest BCUT2D eigenvalue weighted by molar-refractivity contribution is 0.0953. The van der Waals surface area contributed by atoms with Gasteiger partial charge in [-0.1, -0.05) is 30.3 Å². The third kappa shape index (κ3) is 3.62. The summed E-state index contributed by atoms with van der Waals surface area (Å²) >= 11 is 0. The van der Waals surface area contributed by atoms with Gasteiger partial charge in [0.1, 0.15) is 5.82 Å². The van der Waals surface area contributed by atoms with Crippen LogP contribution in [-0.2, 0) is 13.0 Å². The van der Waals surface area contributed by atoms with E-state index in [1.165, 1.54) is 5.56 Å². The van der Waals surface area contributed by atoms with Crippen molar-refractivity contribution in [1.82, 2.24) is 10.3 Å². The summed E-state index contributed by atoms with van der Waals surface area (Å²) in [5, 5.41) is 5.91. The van der Waals surface area contributed by atoms with Gasteiger partial charge in [-0.2, -0.15) is 0 Å². The average molecular weight is 298 g/mol. The Morgan fingerprint density at radius 1 is 1.27 bits per heavy atom. The second-order valence-electron chi connectivity index (χ2n) is 5.09. The summed E-state index contributed by atoms with van der Waals surface area (Å²) in [4.78, 5) is 16.8. The predicted molar refractivity (Wildman–Crippen MR) is 88.9 cm³/mol. The van der Waals surface area contributed by atoms with E-state index in [0.29, 0.717) is 24.5 Å². The number of pyridine rings is 1. The number of aromatic nitrogens is 1. The van der Waals surface area contributed by atoms with Crippen LogP contribution in [0.4, 0.5) is 5.82 Å². The van der Waals surface area contributed by atoms with Crippen molar-refractivity contribution < 1.29 is 4.79 Å². The zero-order chi connectivity index (χ0) is 15.9. The average Bonchev–Trinajstić information content (AvgIpc) is 2.55. The summed E-state index contributed by atoms with van der Waals surface area (Å²) in [5.41, 5.74) is 9.29. The highest BCUT2D eigenvalue weighted by Crippen LogP contribution is 2.20. The van der Waals surface area contributed by atoms with E-state index in [1.54, 1.807) is 13.2 Å². The third-order valence-electron chi connectivity index (χ3n) is 3.61. The summed E-state index contributed by atoms with van der Waals surface area (Å²) < 4.78 is 0. The highest BCUT2D eigenvalue weighted by atomic mass is 16.1. The predicted octanol–water partition coefficient (Wildman–Crippen LogP) is 1.86. The van der Waals surface area contributed by atoms with Crippen molar-refractivity contribution in [1.29, 1.82) is 0 Å². The van der Waals surface area contributed by atoms with Crippen LogP contribution in [0.5, 0.6) is 0 Å². The van der Waals surface area contributed by atoms with Gasteiger partial charge in [-0.3, -0.25) is 4.79 Å². The molecule has 4 N–H and O–H groups in total. The fraction of sp³-hybridized carbons (Fsp3) is 0.294. The van der Waals surface area contributed by atoms with Crippen LogP contribution in [0.25, 0.3) is 0 Å². The molecule has 5 heteroatoms. The van der Waals surface area contributed by atoms with Crippen LogP contribution in [0.15, 0.2) is 36.5 Å². The van der Waals surface area contributed by atoms with Crippen molar-refractivity contribution in [2.24, 2.45) is 5.73 Å². The van der Waals surface area contributed by atoms with E-state index in [9.17, 15) is 4.79 Å². The molecule has 1 amide bonds. The topological polar surface area (TPSA) is 80.0 Å². The van der Waals surface area contributed by atoms with Gasteiger partial charge in [0.05, 0.1) is 5.56 Å². The summed E-state index contributed by atoms with van der Waals surface area (Å²) in [7, 11) is 1.75. The molecule has 0 aliphatic heterocycles. The highest BCUT2D eigenvalue weighted by molar-refractivity contribution is 6.00. The zero-order valence-electron chi connectivity index (χ0n) is 13.0. The van der Waals surface area contributed by atoms with Crippen molar-refractivity contribution in [3.8, 4) is 0 Å². The number of anilines is 1. The first-order valence-corrected chi connectivity index (χ1v) is 7.35. The van der Waals surface area contributed by atoms with Crippen molar-refractivity contribution in [2.45, 2.75) is 19.9 Å².